The Morgan fingerprint density at radius 2 is 2.06 bits per heavy atom. The molecule has 0 fully saturated rings. The molecule has 0 spiro atoms. The average molecular weight is 234 g/mol. The van der Waals surface area contributed by atoms with Crippen molar-refractivity contribution in [1.82, 2.24) is 0 Å². The molecule has 1 aromatic carbocycles. The summed E-state index contributed by atoms with van der Waals surface area (Å²) in [5.41, 5.74) is 2.01. The fourth-order valence-corrected chi connectivity index (χ4v) is 2.30. The zero-order valence-corrected chi connectivity index (χ0v) is 10.5. The van der Waals surface area contributed by atoms with Gasteiger partial charge < -0.3 is 14.4 Å². The molecule has 92 valence electrons. The molecule has 3 nitrogen and oxygen atoms in total. The van der Waals surface area contributed by atoms with Crippen LogP contribution in [0.4, 0.5) is 0 Å². The fraction of sp³-hybridized carbons (Fsp3) is 0.538. The van der Waals surface area contributed by atoms with Crippen LogP contribution in [-0.4, -0.2) is 25.4 Å². The minimum atomic E-state index is -0.858. The van der Waals surface area contributed by atoms with Crippen molar-refractivity contribution in [2.24, 2.45) is 0 Å². The van der Waals surface area contributed by atoms with Gasteiger partial charge in [-0.15, -0.1) is 0 Å². The summed E-state index contributed by atoms with van der Waals surface area (Å²) in [5, 5.41) is 9.78. The second-order valence-corrected chi connectivity index (χ2v) is 4.38. The predicted octanol–water partition coefficient (Wildman–Crippen LogP) is 1.69. The first-order valence-electron chi connectivity index (χ1n) is 6.32. The van der Waals surface area contributed by atoms with E-state index in [1.165, 1.54) is 5.56 Å². The van der Waals surface area contributed by atoms with Crippen LogP contribution in [-0.2, 0) is 4.65 Å². The molecule has 1 aliphatic heterocycles. The molecule has 0 unspecified atom stereocenters. The second kappa shape index (κ2) is 5.56. The Labute approximate surface area is 103 Å². The van der Waals surface area contributed by atoms with Crippen LogP contribution in [0.25, 0.3) is 0 Å². The second-order valence-electron chi connectivity index (χ2n) is 4.38. The van der Waals surface area contributed by atoms with Gasteiger partial charge >= 0.3 is 7.12 Å². The van der Waals surface area contributed by atoms with E-state index in [2.05, 4.69) is 19.9 Å². The lowest BCUT2D eigenvalue weighted by atomic mass is 9.77. The first-order valence-corrected chi connectivity index (χ1v) is 6.32. The fourth-order valence-electron chi connectivity index (χ4n) is 2.30. The van der Waals surface area contributed by atoms with Gasteiger partial charge in [0.25, 0.3) is 0 Å². The molecule has 0 amide bonds. The number of fused-ring (bicyclic) bond motifs is 1. The van der Waals surface area contributed by atoms with Gasteiger partial charge in [0, 0.05) is 5.46 Å². The minimum absolute atomic E-state index is 0.427. The monoisotopic (exact) mass is 234 g/mol. The molecule has 17 heavy (non-hydrogen) atoms. The van der Waals surface area contributed by atoms with Crippen LogP contribution < -0.4 is 10.2 Å². The average Bonchev–Trinajstić information content (AvgIpc) is 2.53. The molecule has 0 atom stereocenters. The van der Waals surface area contributed by atoms with Gasteiger partial charge in [-0.1, -0.05) is 26.0 Å². The normalized spacial score (nSPS) is 15.4. The van der Waals surface area contributed by atoms with E-state index in [9.17, 15) is 5.02 Å². The Morgan fingerprint density at radius 3 is 2.76 bits per heavy atom. The highest BCUT2D eigenvalue weighted by Gasteiger charge is 2.25. The summed E-state index contributed by atoms with van der Waals surface area (Å²) < 4.78 is 10.8. The standard InChI is InChI=1S/C13H19BO3/c1-3-10(4-2)11-5-6-12-13(9-11)16-7-8-17-14(12)15/h5-6,9-10,15H,3-4,7-8H2,1-2H3. The molecular weight excluding hydrogens is 215 g/mol. The van der Waals surface area contributed by atoms with Crippen molar-refractivity contribution in [3.05, 3.63) is 23.8 Å². The first-order chi connectivity index (χ1) is 8.26. The zero-order valence-electron chi connectivity index (χ0n) is 10.5. The molecule has 0 bridgehead atoms. The predicted molar refractivity (Wildman–Crippen MR) is 68.8 cm³/mol. The third kappa shape index (κ3) is 2.64. The molecule has 0 aromatic heterocycles. The summed E-state index contributed by atoms with van der Waals surface area (Å²) in [5.74, 6) is 1.32. The van der Waals surface area contributed by atoms with E-state index in [-0.39, 0.29) is 0 Å². The van der Waals surface area contributed by atoms with Crippen molar-refractivity contribution in [2.45, 2.75) is 32.6 Å². The van der Waals surface area contributed by atoms with Crippen LogP contribution in [0.1, 0.15) is 38.2 Å². The molecule has 4 heteroatoms. The van der Waals surface area contributed by atoms with Crippen LogP contribution in [0.15, 0.2) is 18.2 Å². The van der Waals surface area contributed by atoms with Gasteiger partial charge in [-0.25, -0.2) is 0 Å². The molecule has 1 N–H and O–H groups in total. The summed E-state index contributed by atoms with van der Waals surface area (Å²) >= 11 is 0. The third-order valence-corrected chi connectivity index (χ3v) is 3.38. The smallest absolute Gasteiger partial charge is 0.492 e. The van der Waals surface area contributed by atoms with E-state index in [4.69, 9.17) is 9.39 Å². The Balaban J connectivity index is 2.32. The largest absolute Gasteiger partial charge is 0.495 e. The van der Waals surface area contributed by atoms with E-state index in [1.807, 2.05) is 12.1 Å². The minimum Gasteiger partial charge on any atom is -0.492 e. The Hall–Kier alpha value is -0.995. The van der Waals surface area contributed by atoms with E-state index in [1.54, 1.807) is 0 Å². The summed E-state index contributed by atoms with van der Waals surface area (Å²) in [6, 6.07) is 6.03. The van der Waals surface area contributed by atoms with Crippen LogP contribution in [0.2, 0.25) is 0 Å². The van der Waals surface area contributed by atoms with Crippen molar-refractivity contribution in [3.8, 4) is 5.75 Å². The van der Waals surface area contributed by atoms with Gasteiger partial charge in [0.2, 0.25) is 0 Å². The molecule has 2 rings (SSSR count). The Kier molecular flexibility index (Phi) is 4.08. The van der Waals surface area contributed by atoms with Gasteiger partial charge in [0.05, 0.1) is 6.61 Å². The number of hydrogen-bond acceptors (Lipinski definition) is 3. The maximum Gasteiger partial charge on any atom is 0.495 e. The molecule has 0 aliphatic carbocycles. The van der Waals surface area contributed by atoms with Crippen LogP contribution in [0.3, 0.4) is 0 Å². The van der Waals surface area contributed by atoms with Crippen molar-refractivity contribution in [1.29, 1.82) is 0 Å². The molecule has 1 aromatic rings. The summed E-state index contributed by atoms with van der Waals surface area (Å²) in [6.07, 6.45) is 2.24. The van der Waals surface area contributed by atoms with E-state index in [0.29, 0.717) is 19.1 Å². The third-order valence-electron chi connectivity index (χ3n) is 3.38. The quantitative estimate of drug-likeness (QED) is 0.809. The van der Waals surface area contributed by atoms with Crippen LogP contribution in [0.5, 0.6) is 5.75 Å². The van der Waals surface area contributed by atoms with Crippen molar-refractivity contribution < 1.29 is 14.4 Å². The Bertz CT molecular complexity index is 377. The summed E-state index contributed by atoms with van der Waals surface area (Å²) in [7, 11) is -0.858. The Morgan fingerprint density at radius 1 is 1.29 bits per heavy atom. The van der Waals surface area contributed by atoms with Gasteiger partial charge in [-0.3, -0.25) is 0 Å². The SMILES string of the molecule is CCC(CC)c1ccc2c(c1)OCCOB2O. The number of rotatable bonds is 3. The van der Waals surface area contributed by atoms with E-state index >= 15 is 0 Å². The molecule has 1 aliphatic rings. The first kappa shape index (κ1) is 12.5. The lowest BCUT2D eigenvalue weighted by molar-refractivity contribution is 0.209. The van der Waals surface area contributed by atoms with Crippen molar-refractivity contribution in [2.75, 3.05) is 13.2 Å². The van der Waals surface area contributed by atoms with Gasteiger partial charge in [-0.05, 0) is 30.4 Å². The van der Waals surface area contributed by atoms with E-state index < -0.39 is 7.12 Å². The maximum absolute atomic E-state index is 9.78. The van der Waals surface area contributed by atoms with Crippen molar-refractivity contribution in [3.63, 3.8) is 0 Å². The lowest BCUT2D eigenvalue weighted by Gasteiger charge is -2.15. The molecule has 0 radical (unpaired) electrons. The summed E-state index contributed by atoms with van der Waals surface area (Å²) in [6.45, 7) is 5.31. The molecular formula is C13H19BO3. The number of benzene rings is 1. The topological polar surface area (TPSA) is 38.7 Å². The molecule has 0 saturated heterocycles. The van der Waals surface area contributed by atoms with E-state index in [0.717, 1.165) is 24.1 Å². The maximum atomic E-state index is 9.78. The molecule has 1 heterocycles. The highest BCUT2D eigenvalue weighted by Crippen LogP contribution is 2.26. The highest BCUT2D eigenvalue weighted by molar-refractivity contribution is 6.61. The van der Waals surface area contributed by atoms with Crippen molar-refractivity contribution >= 4 is 12.6 Å². The van der Waals surface area contributed by atoms with Gasteiger partial charge in [-0.2, -0.15) is 0 Å². The number of hydrogen-bond donors (Lipinski definition) is 1. The van der Waals surface area contributed by atoms with Crippen LogP contribution in [0, 0.1) is 0 Å². The van der Waals surface area contributed by atoms with Gasteiger partial charge in [0.15, 0.2) is 0 Å². The summed E-state index contributed by atoms with van der Waals surface area (Å²) in [4.78, 5) is 0. The number of ether oxygens (including phenoxy) is 1. The van der Waals surface area contributed by atoms with Gasteiger partial charge in [0.1, 0.15) is 12.4 Å². The molecule has 0 saturated carbocycles. The lowest BCUT2D eigenvalue weighted by Crippen LogP contribution is -2.33. The van der Waals surface area contributed by atoms with Crippen LogP contribution >= 0.6 is 0 Å². The zero-order chi connectivity index (χ0) is 12.3. The highest BCUT2D eigenvalue weighted by atomic mass is 16.6.